The third-order valence-electron chi connectivity index (χ3n) is 3.40. The molecule has 2 aromatic rings. The first-order valence-corrected chi connectivity index (χ1v) is 7.20. The molecule has 0 heterocycles. The van der Waals surface area contributed by atoms with Crippen molar-refractivity contribution in [2.24, 2.45) is 0 Å². The van der Waals surface area contributed by atoms with Crippen molar-refractivity contribution in [3.63, 3.8) is 0 Å². The summed E-state index contributed by atoms with van der Waals surface area (Å²) in [4.78, 5) is 1.23. The number of hydrogen-bond acceptors (Lipinski definition) is 2. The summed E-state index contributed by atoms with van der Waals surface area (Å²) >= 11 is 1.92. The predicted molar refractivity (Wildman–Crippen MR) is 79.0 cm³/mol. The maximum atomic E-state index is 6.06. The van der Waals surface area contributed by atoms with Crippen LogP contribution in [-0.2, 0) is 0 Å². The van der Waals surface area contributed by atoms with Gasteiger partial charge in [0.05, 0.1) is 0 Å². The fourth-order valence-electron chi connectivity index (χ4n) is 2.29. The second-order valence-corrected chi connectivity index (χ2v) is 6.23. The molecule has 1 nitrogen and oxygen atoms in total. The second kappa shape index (κ2) is 4.69. The van der Waals surface area contributed by atoms with Crippen molar-refractivity contribution in [3.05, 3.63) is 59.7 Å². The molecule has 18 heavy (non-hydrogen) atoms. The summed E-state index contributed by atoms with van der Waals surface area (Å²) in [6, 6.07) is 17.1. The minimum absolute atomic E-state index is 0.692. The van der Waals surface area contributed by atoms with Crippen LogP contribution in [0.4, 0.5) is 5.69 Å². The Bertz CT molecular complexity index is 550. The lowest BCUT2D eigenvalue weighted by Crippen LogP contribution is -1.91. The van der Waals surface area contributed by atoms with Crippen LogP contribution in [0.1, 0.15) is 23.5 Å². The lowest BCUT2D eigenvalue weighted by Gasteiger charge is -2.06. The highest BCUT2D eigenvalue weighted by molar-refractivity contribution is 8.00. The summed E-state index contributed by atoms with van der Waals surface area (Å²) in [5.41, 5.74) is 9.66. The number of nitrogen functional groups attached to an aromatic ring is 1. The van der Waals surface area contributed by atoms with E-state index in [1.165, 1.54) is 22.4 Å². The van der Waals surface area contributed by atoms with Gasteiger partial charge in [-0.2, -0.15) is 0 Å². The molecule has 0 radical (unpaired) electrons. The van der Waals surface area contributed by atoms with Gasteiger partial charge in [0, 0.05) is 15.8 Å². The average molecular weight is 255 g/mol. The number of anilines is 1. The highest BCUT2D eigenvalue weighted by atomic mass is 32.2. The van der Waals surface area contributed by atoms with Gasteiger partial charge in [-0.15, -0.1) is 11.8 Å². The molecule has 92 valence electrons. The molecular weight excluding hydrogens is 238 g/mol. The van der Waals surface area contributed by atoms with E-state index in [1.54, 1.807) is 0 Å². The molecule has 0 aromatic heterocycles. The molecule has 2 N–H and O–H groups in total. The molecule has 0 spiro atoms. The summed E-state index contributed by atoms with van der Waals surface area (Å²) in [6.07, 6.45) is 1.27. The highest BCUT2D eigenvalue weighted by Gasteiger charge is 2.39. The average Bonchev–Trinajstić information content (AvgIpc) is 3.13. The summed E-state index contributed by atoms with van der Waals surface area (Å²) in [7, 11) is 0. The molecule has 1 saturated carbocycles. The Balaban J connectivity index is 1.69. The van der Waals surface area contributed by atoms with Crippen molar-refractivity contribution >= 4 is 17.4 Å². The molecule has 2 unspecified atom stereocenters. The Morgan fingerprint density at radius 1 is 1.11 bits per heavy atom. The fraction of sp³-hybridized carbons (Fsp3) is 0.250. The van der Waals surface area contributed by atoms with E-state index in [9.17, 15) is 0 Å². The van der Waals surface area contributed by atoms with E-state index in [0.29, 0.717) is 11.2 Å². The van der Waals surface area contributed by atoms with Crippen LogP contribution in [0.2, 0.25) is 0 Å². The summed E-state index contributed by atoms with van der Waals surface area (Å²) in [5, 5.41) is 0.692. The topological polar surface area (TPSA) is 26.0 Å². The molecule has 2 aromatic carbocycles. The molecule has 1 aliphatic rings. The molecule has 0 aliphatic heterocycles. The third-order valence-corrected chi connectivity index (χ3v) is 4.85. The van der Waals surface area contributed by atoms with E-state index in [1.807, 2.05) is 11.8 Å². The van der Waals surface area contributed by atoms with Crippen molar-refractivity contribution in [2.45, 2.75) is 29.4 Å². The molecule has 0 bridgehead atoms. The van der Waals surface area contributed by atoms with Gasteiger partial charge in [-0.3, -0.25) is 0 Å². The third kappa shape index (κ3) is 2.39. The van der Waals surface area contributed by atoms with Gasteiger partial charge >= 0.3 is 0 Å². The van der Waals surface area contributed by atoms with Gasteiger partial charge in [0.2, 0.25) is 0 Å². The molecule has 2 atom stereocenters. The van der Waals surface area contributed by atoms with Crippen LogP contribution in [0, 0.1) is 6.92 Å². The van der Waals surface area contributed by atoms with Gasteiger partial charge < -0.3 is 5.73 Å². The zero-order valence-corrected chi connectivity index (χ0v) is 11.3. The predicted octanol–water partition coefficient (Wildman–Crippen LogP) is 4.23. The standard InChI is InChI=1S/C16H17NS/c1-11-7-8-15(14(17)9-11)18-16-10-13(16)12-5-3-2-4-6-12/h2-9,13,16H,10,17H2,1H3. The van der Waals surface area contributed by atoms with E-state index in [-0.39, 0.29) is 0 Å². The SMILES string of the molecule is Cc1ccc(SC2CC2c2ccccc2)c(N)c1. The van der Waals surface area contributed by atoms with Crippen LogP contribution in [0.5, 0.6) is 0 Å². The van der Waals surface area contributed by atoms with Crippen LogP contribution >= 0.6 is 11.8 Å². The number of aryl methyl sites for hydroxylation is 1. The van der Waals surface area contributed by atoms with Crippen LogP contribution in [0.25, 0.3) is 0 Å². The van der Waals surface area contributed by atoms with Gasteiger partial charge in [0.25, 0.3) is 0 Å². The van der Waals surface area contributed by atoms with Crippen molar-refractivity contribution in [2.75, 3.05) is 5.73 Å². The van der Waals surface area contributed by atoms with Gasteiger partial charge in [-0.25, -0.2) is 0 Å². The van der Waals surface area contributed by atoms with Crippen LogP contribution in [0.3, 0.4) is 0 Å². The Labute approximate surface area is 112 Å². The smallest absolute Gasteiger partial charge is 0.0454 e. The van der Waals surface area contributed by atoms with Crippen molar-refractivity contribution in [1.29, 1.82) is 0 Å². The summed E-state index contributed by atoms with van der Waals surface area (Å²) in [5.74, 6) is 0.705. The Kier molecular flexibility index (Phi) is 3.04. The van der Waals surface area contributed by atoms with Crippen LogP contribution < -0.4 is 5.73 Å². The van der Waals surface area contributed by atoms with Gasteiger partial charge in [0.15, 0.2) is 0 Å². The van der Waals surface area contributed by atoms with E-state index in [4.69, 9.17) is 5.73 Å². The fourth-order valence-corrected chi connectivity index (χ4v) is 3.58. The van der Waals surface area contributed by atoms with Crippen LogP contribution in [-0.4, -0.2) is 5.25 Å². The summed E-state index contributed by atoms with van der Waals surface area (Å²) in [6.45, 7) is 2.08. The first kappa shape index (κ1) is 11.7. The normalized spacial score (nSPS) is 21.8. The number of nitrogens with two attached hydrogens (primary N) is 1. The van der Waals surface area contributed by atoms with Crippen molar-refractivity contribution < 1.29 is 0 Å². The molecule has 1 aliphatic carbocycles. The van der Waals surface area contributed by atoms with E-state index < -0.39 is 0 Å². The highest BCUT2D eigenvalue weighted by Crippen LogP contribution is 2.52. The lowest BCUT2D eigenvalue weighted by atomic mass is 10.1. The molecule has 0 saturated heterocycles. The van der Waals surface area contributed by atoms with Crippen molar-refractivity contribution in [3.8, 4) is 0 Å². The number of hydrogen-bond donors (Lipinski definition) is 1. The van der Waals surface area contributed by atoms with Gasteiger partial charge in [-0.1, -0.05) is 36.4 Å². The Morgan fingerprint density at radius 3 is 2.61 bits per heavy atom. The first-order valence-electron chi connectivity index (χ1n) is 6.32. The first-order chi connectivity index (χ1) is 8.74. The largest absolute Gasteiger partial charge is 0.398 e. The van der Waals surface area contributed by atoms with E-state index in [0.717, 1.165) is 5.69 Å². The van der Waals surface area contributed by atoms with Crippen molar-refractivity contribution in [1.82, 2.24) is 0 Å². The molecule has 2 heteroatoms. The molecule has 1 fully saturated rings. The van der Waals surface area contributed by atoms with E-state index >= 15 is 0 Å². The monoisotopic (exact) mass is 255 g/mol. The molecular formula is C16H17NS. The number of benzene rings is 2. The second-order valence-electron chi connectivity index (χ2n) is 4.95. The van der Waals surface area contributed by atoms with Gasteiger partial charge in [0.1, 0.15) is 0 Å². The quantitative estimate of drug-likeness (QED) is 0.831. The number of thioether (sulfide) groups is 1. The maximum Gasteiger partial charge on any atom is 0.0454 e. The number of rotatable bonds is 3. The minimum Gasteiger partial charge on any atom is -0.398 e. The minimum atomic E-state index is 0.692. The van der Waals surface area contributed by atoms with Crippen LogP contribution in [0.15, 0.2) is 53.4 Å². The Hall–Kier alpha value is -1.41. The zero-order chi connectivity index (χ0) is 12.5. The van der Waals surface area contributed by atoms with Gasteiger partial charge in [-0.05, 0) is 42.5 Å². The zero-order valence-electron chi connectivity index (χ0n) is 10.5. The lowest BCUT2D eigenvalue weighted by molar-refractivity contribution is 1.13. The summed E-state index contributed by atoms with van der Waals surface area (Å²) < 4.78 is 0. The van der Waals surface area contributed by atoms with E-state index in [2.05, 4.69) is 55.5 Å². The Morgan fingerprint density at radius 2 is 1.89 bits per heavy atom. The molecule has 3 rings (SSSR count). The molecule has 0 amide bonds. The maximum absolute atomic E-state index is 6.06.